The second-order valence-corrected chi connectivity index (χ2v) is 6.44. The van der Waals surface area contributed by atoms with Gasteiger partial charge in [0.15, 0.2) is 5.82 Å². The number of rotatable bonds is 3. The van der Waals surface area contributed by atoms with E-state index in [-0.39, 0.29) is 10.7 Å². The molecule has 0 spiro atoms. The van der Waals surface area contributed by atoms with Crippen molar-refractivity contribution in [1.29, 1.82) is 0 Å². The van der Waals surface area contributed by atoms with Crippen LogP contribution in [0.1, 0.15) is 0 Å². The first-order valence-corrected chi connectivity index (χ1v) is 7.64. The molecule has 1 heterocycles. The Kier molecular flexibility index (Phi) is 4.07. The summed E-state index contributed by atoms with van der Waals surface area (Å²) in [4.78, 5) is 3.52. The Hall–Kier alpha value is -1.18. The summed E-state index contributed by atoms with van der Waals surface area (Å²) >= 11 is 9.06. The highest BCUT2D eigenvalue weighted by Gasteiger charge is 2.21. The maximum absolute atomic E-state index is 13.4. The number of sulfonamides is 1. The fourth-order valence-corrected chi connectivity index (χ4v) is 3.00. The molecule has 2 rings (SSSR count). The molecule has 4 nitrogen and oxygen atoms in total. The van der Waals surface area contributed by atoms with Crippen molar-refractivity contribution in [3.8, 4) is 0 Å². The van der Waals surface area contributed by atoms with Crippen molar-refractivity contribution >= 4 is 43.2 Å². The number of aromatic nitrogens is 1. The lowest BCUT2D eigenvalue weighted by molar-refractivity contribution is 0.557. The van der Waals surface area contributed by atoms with Crippen LogP contribution in [-0.4, -0.2) is 13.4 Å². The third kappa shape index (κ3) is 3.23. The van der Waals surface area contributed by atoms with Gasteiger partial charge in [-0.15, -0.1) is 0 Å². The van der Waals surface area contributed by atoms with Crippen molar-refractivity contribution in [3.63, 3.8) is 0 Å². The first-order chi connectivity index (χ1) is 8.90. The highest BCUT2D eigenvalue weighted by molar-refractivity contribution is 9.10. The highest BCUT2D eigenvalue weighted by atomic mass is 79.9. The summed E-state index contributed by atoms with van der Waals surface area (Å²) in [6, 6.07) is 6.96. The molecule has 0 aliphatic rings. The van der Waals surface area contributed by atoms with Gasteiger partial charge in [-0.2, -0.15) is 8.42 Å². The van der Waals surface area contributed by atoms with Crippen LogP contribution >= 0.6 is 27.5 Å². The minimum absolute atomic E-state index is 0.140. The van der Waals surface area contributed by atoms with E-state index in [0.717, 1.165) is 6.07 Å². The Morgan fingerprint density at radius 2 is 2.05 bits per heavy atom. The molecule has 0 radical (unpaired) electrons. The topological polar surface area (TPSA) is 59.1 Å². The van der Waals surface area contributed by atoms with Crippen LogP contribution in [0.5, 0.6) is 0 Å². The maximum atomic E-state index is 13.4. The molecule has 0 saturated heterocycles. The van der Waals surface area contributed by atoms with Crippen molar-refractivity contribution in [3.05, 3.63) is 51.8 Å². The van der Waals surface area contributed by atoms with E-state index in [1.165, 1.54) is 24.4 Å². The van der Waals surface area contributed by atoms with Crippen molar-refractivity contribution < 1.29 is 12.8 Å². The monoisotopic (exact) mass is 364 g/mol. The molecule has 19 heavy (non-hydrogen) atoms. The Labute approximate surface area is 122 Å². The van der Waals surface area contributed by atoms with Crippen molar-refractivity contribution in [2.75, 3.05) is 4.72 Å². The number of nitrogens with one attached hydrogen (secondary N) is 1. The van der Waals surface area contributed by atoms with Crippen LogP contribution in [0.3, 0.4) is 0 Å². The number of hydrogen-bond acceptors (Lipinski definition) is 3. The molecule has 1 aromatic heterocycles. The van der Waals surface area contributed by atoms with Crippen molar-refractivity contribution in [2.24, 2.45) is 0 Å². The van der Waals surface area contributed by atoms with Gasteiger partial charge in [0.25, 0.3) is 10.0 Å². The average Bonchev–Trinajstić information content (AvgIpc) is 2.34. The predicted molar refractivity (Wildman–Crippen MR) is 74.2 cm³/mol. The normalized spacial score (nSPS) is 11.3. The van der Waals surface area contributed by atoms with Gasteiger partial charge in [0.1, 0.15) is 0 Å². The largest absolute Gasteiger partial charge is 0.282 e. The molecule has 100 valence electrons. The Morgan fingerprint density at radius 3 is 2.74 bits per heavy atom. The molecule has 0 amide bonds. The number of benzene rings is 1. The fraction of sp³-hybridized carbons (Fsp3) is 0. The third-order valence-electron chi connectivity index (χ3n) is 2.15. The number of anilines is 1. The molecule has 2 aromatic rings. The summed E-state index contributed by atoms with van der Waals surface area (Å²) in [6.45, 7) is 0. The molecule has 0 bridgehead atoms. The Morgan fingerprint density at radius 1 is 1.32 bits per heavy atom. The van der Waals surface area contributed by atoms with Crippen LogP contribution in [0.2, 0.25) is 5.02 Å². The zero-order chi connectivity index (χ0) is 14.0. The van der Waals surface area contributed by atoms with Gasteiger partial charge in [-0.3, -0.25) is 4.72 Å². The second-order valence-electron chi connectivity index (χ2n) is 3.52. The van der Waals surface area contributed by atoms with E-state index < -0.39 is 20.9 Å². The minimum atomic E-state index is -4.12. The van der Waals surface area contributed by atoms with E-state index in [1.807, 2.05) is 0 Å². The van der Waals surface area contributed by atoms with E-state index in [1.54, 1.807) is 6.07 Å². The number of halogens is 3. The van der Waals surface area contributed by atoms with Crippen LogP contribution in [-0.2, 0) is 10.0 Å². The molecule has 0 unspecified atom stereocenters. The lowest BCUT2D eigenvalue weighted by atomic mass is 10.3. The maximum Gasteiger partial charge on any atom is 0.282 e. The summed E-state index contributed by atoms with van der Waals surface area (Å²) in [5.74, 6) is -0.930. The molecular weight excluding hydrogens is 359 g/mol. The second kappa shape index (κ2) is 5.44. The molecule has 0 fully saturated rings. The number of hydrogen-bond donors (Lipinski definition) is 1. The Balaban J connectivity index is 2.43. The lowest BCUT2D eigenvalue weighted by Crippen LogP contribution is -2.16. The van der Waals surface area contributed by atoms with Gasteiger partial charge in [-0.05, 0) is 30.3 Å². The standard InChI is InChI=1S/C11H7BrClFN2O2S/c12-7-3-4-8(13)10(6-7)16-19(17,18)11-9(14)2-1-5-15-11/h1-6,16H. The summed E-state index contributed by atoms with van der Waals surface area (Å²) in [6.07, 6.45) is 1.19. The van der Waals surface area contributed by atoms with Gasteiger partial charge in [0.2, 0.25) is 5.03 Å². The average molecular weight is 366 g/mol. The highest BCUT2D eigenvalue weighted by Crippen LogP contribution is 2.27. The number of nitrogens with zero attached hydrogens (tertiary/aromatic N) is 1. The van der Waals surface area contributed by atoms with Gasteiger partial charge >= 0.3 is 0 Å². The van der Waals surface area contributed by atoms with Crippen LogP contribution in [0.4, 0.5) is 10.1 Å². The number of pyridine rings is 1. The van der Waals surface area contributed by atoms with Gasteiger partial charge in [-0.25, -0.2) is 9.37 Å². The van der Waals surface area contributed by atoms with Gasteiger partial charge < -0.3 is 0 Å². The molecule has 0 saturated carbocycles. The molecule has 1 aromatic carbocycles. The predicted octanol–water partition coefficient (Wildman–Crippen LogP) is 3.44. The minimum Gasteiger partial charge on any atom is -0.277 e. The smallest absolute Gasteiger partial charge is 0.277 e. The van der Waals surface area contributed by atoms with Crippen LogP contribution in [0.25, 0.3) is 0 Å². The van der Waals surface area contributed by atoms with E-state index in [4.69, 9.17) is 11.6 Å². The molecular formula is C11H7BrClFN2O2S. The summed E-state index contributed by atoms with van der Waals surface area (Å²) in [5, 5.41) is -0.478. The molecule has 1 N–H and O–H groups in total. The summed E-state index contributed by atoms with van der Waals surface area (Å²) < 4.78 is 40.3. The van der Waals surface area contributed by atoms with E-state index in [2.05, 4.69) is 25.6 Å². The van der Waals surface area contributed by atoms with Crippen molar-refractivity contribution in [1.82, 2.24) is 4.98 Å². The summed E-state index contributed by atoms with van der Waals surface area (Å²) in [5.41, 5.74) is 0.140. The van der Waals surface area contributed by atoms with Crippen LogP contribution < -0.4 is 4.72 Å². The zero-order valence-electron chi connectivity index (χ0n) is 9.27. The quantitative estimate of drug-likeness (QED) is 0.906. The van der Waals surface area contributed by atoms with Gasteiger partial charge in [0.05, 0.1) is 10.7 Å². The third-order valence-corrected chi connectivity index (χ3v) is 4.27. The molecule has 8 heteroatoms. The first-order valence-electron chi connectivity index (χ1n) is 4.98. The van der Waals surface area contributed by atoms with E-state index in [0.29, 0.717) is 4.47 Å². The summed E-state index contributed by atoms with van der Waals surface area (Å²) in [7, 11) is -4.12. The molecule has 0 aliphatic carbocycles. The molecule has 0 atom stereocenters. The van der Waals surface area contributed by atoms with Crippen LogP contribution in [0.15, 0.2) is 46.0 Å². The molecule has 0 aliphatic heterocycles. The SMILES string of the molecule is O=S(=O)(Nc1cc(Br)ccc1Cl)c1ncccc1F. The lowest BCUT2D eigenvalue weighted by Gasteiger charge is -2.09. The van der Waals surface area contributed by atoms with Gasteiger partial charge in [0, 0.05) is 10.7 Å². The van der Waals surface area contributed by atoms with Crippen LogP contribution in [0, 0.1) is 5.82 Å². The van der Waals surface area contributed by atoms with Gasteiger partial charge in [-0.1, -0.05) is 27.5 Å². The van der Waals surface area contributed by atoms with Crippen molar-refractivity contribution in [2.45, 2.75) is 5.03 Å². The Bertz CT molecular complexity index is 724. The van der Waals surface area contributed by atoms with E-state index in [9.17, 15) is 12.8 Å². The van der Waals surface area contributed by atoms with E-state index >= 15 is 0 Å². The first kappa shape index (κ1) is 14.2. The zero-order valence-corrected chi connectivity index (χ0v) is 12.4. The fourth-order valence-electron chi connectivity index (χ4n) is 1.34.